The Morgan fingerprint density at radius 3 is 2.88 bits per heavy atom. The van der Waals surface area contributed by atoms with Gasteiger partial charge in [0.05, 0.1) is 24.4 Å². The average molecular weight is 651 g/mol. The second-order valence-corrected chi connectivity index (χ2v) is 12.4. The molecule has 0 fully saturated rings. The Kier molecular flexibility index (Phi) is 8.51. The highest BCUT2D eigenvalue weighted by atomic mass is 19.1. The second kappa shape index (κ2) is 13.1. The van der Waals surface area contributed by atoms with Crippen LogP contribution in [0.15, 0.2) is 73.2 Å². The number of aromatic nitrogens is 6. The number of aromatic amines is 2. The lowest BCUT2D eigenvalue weighted by Gasteiger charge is -2.30. The molecule has 0 spiro atoms. The van der Waals surface area contributed by atoms with Crippen LogP contribution < -0.4 is 4.74 Å². The van der Waals surface area contributed by atoms with E-state index in [1.807, 2.05) is 24.4 Å². The summed E-state index contributed by atoms with van der Waals surface area (Å²) in [4.78, 5) is 23.2. The van der Waals surface area contributed by atoms with Crippen LogP contribution in [0.5, 0.6) is 11.5 Å². The molecule has 9 nitrogen and oxygen atoms in total. The van der Waals surface area contributed by atoms with Crippen molar-refractivity contribution in [2.75, 3.05) is 6.61 Å². The maximum absolute atomic E-state index is 15.6. The lowest BCUT2D eigenvalue weighted by molar-refractivity contribution is -0.143. The fourth-order valence-corrected chi connectivity index (χ4v) is 6.56. The van der Waals surface area contributed by atoms with Gasteiger partial charge in [0.25, 0.3) is 0 Å². The number of fused-ring (bicyclic) bond motifs is 10. The third-order valence-corrected chi connectivity index (χ3v) is 9.20. The molecule has 1 aliphatic rings. The number of halogens is 2. The fourth-order valence-electron chi connectivity index (χ4n) is 6.56. The third-order valence-electron chi connectivity index (χ3n) is 9.20. The molecule has 0 saturated heterocycles. The van der Waals surface area contributed by atoms with Crippen molar-refractivity contribution in [3.05, 3.63) is 113 Å². The molecule has 0 saturated carbocycles. The Morgan fingerprint density at radius 2 is 2.00 bits per heavy atom. The summed E-state index contributed by atoms with van der Waals surface area (Å²) < 4.78 is 44.1. The maximum Gasteiger partial charge on any atom is 0.306 e. The zero-order valence-electron chi connectivity index (χ0n) is 26.9. The number of esters is 1. The number of carbonyl (C=O) groups excluding carboxylic acids is 1. The van der Waals surface area contributed by atoms with Crippen molar-refractivity contribution in [2.45, 2.75) is 64.3 Å². The standard InChI is InChI=1S/C37H36F2N6O3/c1-3-47-34(46)13-10-23-7-6-8-24(17-23)37(2)15-5-4-9-25-21-45(44-43-25)22-29-27-14-16-40-32(27)19-31(39)35(29)48-26-11-12-30(38)28(18-26)36-41-20-33(37)42-36/h6-8,11-12,14,16-21,40H,3-5,9-10,13,15,22H2,1-2H3,(H,41,42). The lowest BCUT2D eigenvalue weighted by atomic mass is 9.75. The topological polar surface area (TPSA) is 111 Å². The zero-order valence-corrected chi connectivity index (χ0v) is 26.9. The molecule has 4 heterocycles. The Labute approximate surface area is 276 Å². The van der Waals surface area contributed by atoms with Crippen LogP contribution in [-0.2, 0) is 34.3 Å². The number of imidazole rings is 1. The Morgan fingerprint density at radius 1 is 1.10 bits per heavy atom. The smallest absolute Gasteiger partial charge is 0.306 e. The van der Waals surface area contributed by atoms with Gasteiger partial charge in [0.2, 0.25) is 0 Å². The van der Waals surface area contributed by atoms with Crippen molar-refractivity contribution in [1.29, 1.82) is 0 Å². The number of hydrogen-bond acceptors (Lipinski definition) is 6. The van der Waals surface area contributed by atoms with Gasteiger partial charge in [0.15, 0.2) is 11.6 Å². The van der Waals surface area contributed by atoms with Crippen molar-refractivity contribution in [1.82, 2.24) is 29.9 Å². The van der Waals surface area contributed by atoms with E-state index in [0.29, 0.717) is 42.8 Å². The number of rotatable bonds is 5. The average Bonchev–Trinajstić information content (AvgIpc) is 3.86. The molecule has 3 aromatic heterocycles. The van der Waals surface area contributed by atoms with Gasteiger partial charge in [0.1, 0.15) is 17.4 Å². The van der Waals surface area contributed by atoms with E-state index in [2.05, 4.69) is 44.3 Å². The first-order chi connectivity index (χ1) is 23.3. The van der Waals surface area contributed by atoms with Crippen molar-refractivity contribution >= 4 is 16.9 Å². The van der Waals surface area contributed by atoms with E-state index in [-0.39, 0.29) is 29.6 Å². The number of nitrogens with one attached hydrogen (secondary N) is 2. The Hall–Kier alpha value is -5.32. The highest BCUT2D eigenvalue weighted by Gasteiger charge is 2.32. The molecule has 7 rings (SSSR count). The summed E-state index contributed by atoms with van der Waals surface area (Å²) >= 11 is 0. The van der Waals surface area contributed by atoms with Crippen LogP contribution in [0.3, 0.4) is 0 Å². The quantitative estimate of drug-likeness (QED) is 0.184. The molecule has 3 aromatic carbocycles. The predicted molar refractivity (Wildman–Crippen MR) is 177 cm³/mol. The molecule has 246 valence electrons. The van der Waals surface area contributed by atoms with Gasteiger partial charge in [-0.25, -0.2) is 18.4 Å². The molecule has 0 aliphatic carbocycles. The molecule has 6 aromatic rings. The summed E-state index contributed by atoms with van der Waals surface area (Å²) in [6, 6.07) is 15.8. The van der Waals surface area contributed by atoms with Crippen molar-refractivity contribution < 1.29 is 23.0 Å². The number of nitrogens with zero attached hydrogens (tertiary/aromatic N) is 4. The molecule has 1 unspecified atom stereocenters. The molecular formula is C37H36F2N6O3. The first kappa shape index (κ1) is 31.3. The van der Waals surface area contributed by atoms with E-state index in [1.54, 1.807) is 24.0 Å². The summed E-state index contributed by atoms with van der Waals surface area (Å²) in [5.41, 5.74) is 4.67. The van der Waals surface area contributed by atoms with E-state index in [0.717, 1.165) is 47.2 Å². The summed E-state index contributed by atoms with van der Waals surface area (Å²) in [6.07, 6.45) is 9.45. The van der Waals surface area contributed by atoms with Crippen LogP contribution in [0, 0.1) is 11.6 Å². The number of aryl methyl sites for hydroxylation is 2. The minimum absolute atomic E-state index is 0.0355. The summed E-state index contributed by atoms with van der Waals surface area (Å²) in [5.74, 6) is -0.631. The summed E-state index contributed by atoms with van der Waals surface area (Å²) in [6.45, 7) is 4.54. The van der Waals surface area contributed by atoms with E-state index in [1.165, 1.54) is 24.3 Å². The molecule has 6 bridgehead atoms. The highest BCUT2D eigenvalue weighted by molar-refractivity contribution is 5.85. The monoisotopic (exact) mass is 650 g/mol. The third kappa shape index (κ3) is 6.20. The molecule has 1 atom stereocenters. The van der Waals surface area contributed by atoms with Gasteiger partial charge in [-0.2, -0.15) is 0 Å². The Bertz CT molecular complexity index is 2100. The van der Waals surface area contributed by atoms with Gasteiger partial charge in [-0.1, -0.05) is 35.9 Å². The lowest BCUT2D eigenvalue weighted by Crippen LogP contribution is -2.24. The minimum atomic E-state index is -0.555. The van der Waals surface area contributed by atoms with Crippen LogP contribution in [0.1, 0.15) is 67.6 Å². The van der Waals surface area contributed by atoms with Crippen LogP contribution in [-0.4, -0.2) is 42.5 Å². The SMILES string of the molecule is CCOC(=O)CCc1cccc(C2(C)CCCCc3cn(nn3)Cc3c(c(F)cc4[nH]ccc34)Oc3ccc(F)c(c3)-c3ncc2[nH]3)c1. The van der Waals surface area contributed by atoms with Gasteiger partial charge in [-0.15, -0.1) is 5.10 Å². The van der Waals surface area contributed by atoms with Gasteiger partial charge in [-0.05, 0) is 74.9 Å². The van der Waals surface area contributed by atoms with Gasteiger partial charge >= 0.3 is 5.97 Å². The minimum Gasteiger partial charge on any atom is -0.466 e. The summed E-state index contributed by atoms with van der Waals surface area (Å²) in [7, 11) is 0. The molecule has 1 aliphatic heterocycles. The normalized spacial score (nSPS) is 16.5. The zero-order chi connectivity index (χ0) is 33.3. The number of ether oxygens (including phenoxy) is 2. The predicted octanol–water partition coefficient (Wildman–Crippen LogP) is 7.80. The molecule has 0 amide bonds. The number of benzene rings is 3. The van der Waals surface area contributed by atoms with E-state index in [9.17, 15) is 4.79 Å². The van der Waals surface area contributed by atoms with Crippen LogP contribution in [0.2, 0.25) is 0 Å². The highest BCUT2D eigenvalue weighted by Crippen LogP contribution is 2.40. The van der Waals surface area contributed by atoms with Gasteiger partial charge in [0, 0.05) is 58.7 Å². The number of hydrogen-bond donors (Lipinski definition) is 2. The maximum atomic E-state index is 15.6. The summed E-state index contributed by atoms with van der Waals surface area (Å²) in [5, 5.41) is 9.55. The van der Waals surface area contributed by atoms with Gasteiger partial charge in [-0.3, -0.25) is 4.79 Å². The van der Waals surface area contributed by atoms with E-state index in [4.69, 9.17) is 9.47 Å². The van der Waals surface area contributed by atoms with Crippen molar-refractivity contribution in [3.63, 3.8) is 0 Å². The van der Waals surface area contributed by atoms with Crippen LogP contribution >= 0.6 is 0 Å². The van der Waals surface area contributed by atoms with Crippen molar-refractivity contribution in [3.8, 4) is 22.9 Å². The van der Waals surface area contributed by atoms with E-state index >= 15 is 8.78 Å². The number of carbonyl (C=O) groups is 1. The molecule has 0 radical (unpaired) electrons. The number of H-pyrrole nitrogens is 2. The second-order valence-electron chi connectivity index (χ2n) is 12.4. The fraction of sp³-hybridized carbons (Fsp3) is 0.297. The van der Waals surface area contributed by atoms with Crippen LogP contribution in [0.4, 0.5) is 8.78 Å². The van der Waals surface area contributed by atoms with Crippen molar-refractivity contribution in [2.24, 2.45) is 0 Å². The molecule has 11 heteroatoms. The Balaban J connectivity index is 1.29. The largest absolute Gasteiger partial charge is 0.466 e. The first-order valence-electron chi connectivity index (χ1n) is 16.3. The molecule has 2 N–H and O–H groups in total. The van der Waals surface area contributed by atoms with E-state index < -0.39 is 17.0 Å². The first-order valence-corrected chi connectivity index (χ1v) is 16.3. The van der Waals surface area contributed by atoms with Crippen LogP contribution in [0.25, 0.3) is 22.3 Å². The molecule has 48 heavy (non-hydrogen) atoms. The molecular weight excluding hydrogens is 614 g/mol. The van der Waals surface area contributed by atoms with Gasteiger partial charge < -0.3 is 19.4 Å².